The highest BCUT2D eigenvalue weighted by Gasteiger charge is 2.17. The van der Waals surface area contributed by atoms with Gasteiger partial charge in [0.25, 0.3) is 5.89 Å². The van der Waals surface area contributed by atoms with Crippen LogP contribution in [0.4, 0.5) is 14.8 Å². The van der Waals surface area contributed by atoms with Gasteiger partial charge >= 0.3 is 6.01 Å². The van der Waals surface area contributed by atoms with Crippen molar-refractivity contribution in [2.75, 3.05) is 12.1 Å². The third-order valence-corrected chi connectivity index (χ3v) is 3.63. The van der Waals surface area contributed by atoms with Crippen molar-refractivity contribution in [3.05, 3.63) is 53.6 Å². The normalized spacial score (nSPS) is 12.2. The number of ether oxygens (including phenoxy) is 2. The topological polar surface area (TPSA) is 86.5 Å². The molecular formula is C17H11F2N3O4. The summed E-state index contributed by atoms with van der Waals surface area (Å²) in [6.45, 7) is 0.149. The number of amides is 1. The molecule has 2 aromatic carbocycles. The molecule has 7 nitrogen and oxygen atoms in total. The number of aromatic nitrogens is 2. The van der Waals surface area contributed by atoms with Gasteiger partial charge in [0.05, 0.1) is 12.0 Å². The molecule has 9 heteroatoms. The highest BCUT2D eigenvalue weighted by Crippen LogP contribution is 2.32. The Morgan fingerprint density at radius 3 is 2.77 bits per heavy atom. The standard InChI is InChI=1S/C17H11F2N3O4/c18-10-2-3-11(12(19)7-10)16-21-22-17(26-16)20-15(23)6-9-1-4-13-14(5-9)25-8-24-13/h1-5,7H,6,8H2,(H,20,22,23). The van der Waals surface area contributed by atoms with Gasteiger partial charge in [-0.1, -0.05) is 11.2 Å². The number of carbonyl (C=O) groups excluding carboxylic acids is 1. The molecule has 0 saturated heterocycles. The maximum Gasteiger partial charge on any atom is 0.322 e. The van der Waals surface area contributed by atoms with E-state index in [4.69, 9.17) is 13.9 Å². The van der Waals surface area contributed by atoms with Gasteiger partial charge in [0.15, 0.2) is 11.5 Å². The number of nitrogens with zero attached hydrogens (tertiary/aromatic N) is 2. The first-order chi connectivity index (χ1) is 12.6. The molecule has 0 aliphatic carbocycles. The zero-order chi connectivity index (χ0) is 18.1. The van der Waals surface area contributed by atoms with E-state index in [0.717, 1.165) is 6.07 Å². The minimum Gasteiger partial charge on any atom is -0.454 e. The predicted octanol–water partition coefficient (Wildman–Crippen LogP) is 2.92. The van der Waals surface area contributed by atoms with Crippen LogP contribution >= 0.6 is 0 Å². The summed E-state index contributed by atoms with van der Waals surface area (Å²) in [6.07, 6.45) is 0.0409. The van der Waals surface area contributed by atoms with Crippen molar-refractivity contribution in [1.82, 2.24) is 10.2 Å². The molecule has 3 aromatic rings. The lowest BCUT2D eigenvalue weighted by Crippen LogP contribution is -2.14. The van der Waals surface area contributed by atoms with E-state index in [1.165, 1.54) is 6.07 Å². The molecule has 0 saturated carbocycles. The lowest BCUT2D eigenvalue weighted by molar-refractivity contribution is -0.115. The highest BCUT2D eigenvalue weighted by atomic mass is 19.1. The third-order valence-electron chi connectivity index (χ3n) is 3.63. The summed E-state index contributed by atoms with van der Waals surface area (Å²) in [5.41, 5.74) is 0.645. The van der Waals surface area contributed by atoms with Gasteiger partial charge in [-0.15, -0.1) is 5.10 Å². The molecular weight excluding hydrogens is 348 g/mol. The van der Waals surface area contributed by atoms with Crippen LogP contribution in [-0.4, -0.2) is 22.9 Å². The minimum atomic E-state index is -0.841. The average molecular weight is 359 g/mol. The van der Waals surface area contributed by atoms with Gasteiger partial charge in [0, 0.05) is 6.07 Å². The Labute approximate surface area is 145 Å². The van der Waals surface area contributed by atoms with Crippen LogP contribution in [0.5, 0.6) is 11.5 Å². The van der Waals surface area contributed by atoms with Gasteiger partial charge in [0.2, 0.25) is 12.7 Å². The summed E-state index contributed by atoms with van der Waals surface area (Å²) < 4.78 is 42.3. The fraction of sp³-hybridized carbons (Fsp3) is 0.118. The highest BCUT2D eigenvalue weighted by molar-refractivity contribution is 5.90. The quantitative estimate of drug-likeness (QED) is 0.771. The lowest BCUT2D eigenvalue weighted by Gasteiger charge is -2.03. The third kappa shape index (κ3) is 3.18. The van der Waals surface area contributed by atoms with Gasteiger partial charge in [-0.05, 0) is 29.8 Å². The van der Waals surface area contributed by atoms with E-state index in [-0.39, 0.29) is 30.7 Å². The van der Waals surface area contributed by atoms with Gasteiger partial charge < -0.3 is 13.9 Å². The van der Waals surface area contributed by atoms with E-state index < -0.39 is 17.5 Å². The van der Waals surface area contributed by atoms with Crippen molar-refractivity contribution in [2.45, 2.75) is 6.42 Å². The van der Waals surface area contributed by atoms with Gasteiger partial charge in [0.1, 0.15) is 11.6 Å². The molecule has 2 heterocycles. The SMILES string of the molecule is O=C(Cc1ccc2c(c1)OCO2)Nc1nnc(-c2ccc(F)cc2F)o1. The molecule has 0 fully saturated rings. The van der Waals surface area contributed by atoms with Gasteiger partial charge in [-0.3, -0.25) is 10.1 Å². The van der Waals surface area contributed by atoms with E-state index in [9.17, 15) is 13.6 Å². The van der Waals surface area contributed by atoms with E-state index in [1.807, 2.05) is 0 Å². The van der Waals surface area contributed by atoms with Crippen LogP contribution in [0.3, 0.4) is 0 Å². The Bertz CT molecular complexity index is 990. The van der Waals surface area contributed by atoms with Crippen LogP contribution in [0, 0.1) is 11.6 Å². The average Bonchev–Trinajstić information content (AvgIpc) is 3.23. The monoisotopic (exact) mass is 359 g/mol. The number of rotatable bonds is 4. The zero-order valence-electron chi connectivity index (χ0n) is 13.2. The molecule has 1 aliphatic heterocycles. The van der Waals surface area contributed by atoms with Crippen molar-refractivity contribution >= 4 is 11.9 Å². The molecule has 1 aliphatic rings. The van der Waals surface area contributed by atoms with Crippen molar-refractivity contribution in [1.29, 1.82) is 0 Å². The van der Waals surface area contributed by atoms with Crippen molar-refractivity contribution in [2.24, 2.45) is 0 Å². The molecule has 1 aromatic heterocycles. The van der Waals surface area contributed by atoms with E-state index in [0.29, 0.717) is 23.1 Å². The molecule has 4 rings (SSSR count). The number of fused-ring (bicyclic) bond motifs is 1. The summed E-state index contributed by atoms with van der Waals surface area (Å²) in [5, 5.41) is 9.73. The predicted molar refractivity (Wildman–Crippen MR) is 84.5 cm³/mol. The smallest absolute Gasteiger partial charge is 0.322 e. The second kappa shape index (κ2) is 6.43. The lowest BCUT2D eigenvalue weighted by atomic mass is 10.1. The second-order valence-corrected chi connectivity index (χ2v) is 5.45. The van der Waals surface area contributed by atoms with Crippen LogP contribution in [0.2, 0.25) is 0 Å². The maximum atomic E-state index is 13.7. The van der Waals surface area contributed by atoms with Crippen molar-refractivity contribution < 1.29 is 27.5 Å². The van der Waals surface area contributed by atoms with E-state index in [2.05, 4.69) is 15.5 Å². The Kier molecular flexibility index (Phi) is 3.96. The molecule has 26 heavy (non-hydrogen) atoms. The number of nitrogens with one attached hydrogen (secondary N) is 1. The van der Waals surface area contributed by atoms with Crippen LogP contribution in [0.25, 0.3) is 11.5 Å². The molecule has 132 valence electrons. The largest absolute Gasteiger partial charge is 0.454 e. The van der Waals surface area contributed by atoms with Crippen LogP contribution in [-0.2, 0) is 11.2 Å². The summed E-state index contributed by atoms with van der Waals surface area (Å²) in [6, 6.07) is 7.92. The summed E-state index contributed by atoms with van der Waals surface area (Å²) in [5.74, 6) is -0.936. The number of halogens is 2. The fourth-order valence-electron chi connectivity index (χ4n) is 2.45. The molecule has 1 N–H and O–H groups in total. The first-order valence-corrected chi connectivity index (χ1v) is 7.56. The number of carbonyl (C=O) groups is 1. The molecule has 0 unspecified atom stereocenters. The summed E-state index contributed by atoms with van der Waals surface area (Å²) >= 11 is 0. The Morgan fingerprint density at radius 1 is 1.08 bits per heavy atom. The van der Waals surface area contributed by atoms with Crippen molar-refractivity contribution in [3.63, 3.8) is 0 Å². The number of benzene rings is 2. The second-order valence-electron chi connectivity index (χ2n) is 5.45. The molecule has 0 atom stereocenters. The molecule has 0 spiro atoms. The molecule has 0 bridgehead atoms. The molecule has 1 amide bonds. The van der Waals surface area contributed by atoms with Crippen LogP contribution < -0.4 is 14.8 Å². The number of hydrogen-bond acceptors (Lipinski definition) is 6. The maximum absolute atomic E-state index is 13.7. The van der Waals surface area contributed by atoms with E-state index in [1.54, 1.807) is 18.2 Å². The zero-order valence-corrected chi connectivity index (χ0v) is 13.2. The Morgan fingerprint density at radius 2 is 1.92 bits per heavy atom. The molecule has 0 radical (unpaired) electrons. The first-order valence-electron chi connectivity index (χ1n) is 7.56. The van der Waals surface area contributed by atoms with Gasteiger partial charge in [-0.2, -0.15) is 0 Å². The van der Waals surface area contributed by atoms with Crippen molar-refractivity contribution in [3.8, 4) is 23.0 Å². The summed E-state index contributed by atoms with van der Waals surface area (Å²) in [7, 11) is 0. The first kappa shape index (κ1) is 16.0. The summed E-state index contributed by atoms with van der Waals surface area (Å²) in [4.78, 5) is 12.1. The fourth-order valence-corrected chi connectivity index (χ4v) is 2.45. The number of hydrogen-bond donors (Lipinski definition) is 1. The number of anilines is 1. The van der Waals surface area contributed by atoms with E-state index >= 15 is 0 Å². The van der Waals surface area contributed by atoms with Crippen LogP contribution in [0.1, 0.15) is 5.56 Å². The Balaban J connectivity index is 1.44. The Hall–Kier alpha value is -3.49. The van der Waals surface area contributed by atoms with Crippen LogP contribution in [0.15, 0.2) is 40.8 Å². The minimum absolute atomic E-state index is 0.0409. The van der Waals surface area contributed by atoms with Gasteiger partial charge in [-0.25, -0.2) is 8.78 Å².